The number of piperidine rings is 1. The number of hydrogen-bond acceptors (Lipinski definition) is 4. The fourth-order valence-electron chi connectivity index (χ4n) is 5.52. The van der Waals surface area contributed by atoms with Gasteiger partial charge in [0.2, 0.25) is 5.91 Å². The number of carbonyl (C=O) groups is 2. The van der Waals surface area contributed by atoms with Crippen LogP contribution in [0, 0.1) is 12.3 Å². The van der Waals surface area contributed by atoms with Crippen molar-refractivity contribution in [3.05, 3.63) is 23.8 Å². The topological polar surface area (TPSA) is 66.4 Å². The zero-order valence-corrected chi connectivity index (χ0v) is 15.2. The quantitative estimate of drug-likeness (QED) is 0.784. The molecular formula is C19H26N4O2. The molecule has 0 unspecified atom stereocenters. The summed E-state index contributed by atoms with van der Waals surface area (Å²) in [5.41, 5.74) is 1.20. The maximum Gasteiger partial charge on any atom is 0.274 e. The maximum atomic E-state index is 13.2. The Morgan fingerprint density at radius 2 is 1.88 bits per heavy atom. The van der Waals surface area contributed by atoms with Crippen LogP contribution in [-0.4, -0.2) is 56.3 Å². The van der Waals surface area contributed by atoms with Crippen LogP contribution < -0.4 is 0 Å². The smallest absolute Gasteiger partial charge is 0.274 e. The average molecular weight is 342 g/mol. The summed E-state index contributed by atoms with van der Waals surface area (Å²) < 4.78 is 0. The van der Waals surface area contributed by atoms with Crippen LogP contribution in [0.15, 0.2) is 12.4 Å². The second-order valence-electron chi connectivity index (χ2n) is 8.11. The summed E-state index contributed by atoms with van der Waals surface area (Å²) in [5, 5.41) is 0. The van der Waals surface area contributed by atoms with Gasteiger partial charge in [0.1, 0.15) is 5.69 Å². The van der Waals surface area contributed by atoms with E-state index in [1.54, 1.807) is 19.3 Å². The Balaban J connectivity index is 1.72. The van der Waals surface area contributed by atoms with Gasteiger partial charge in [0.05, 0.1) is 17.9 Å². The zero-order valence-electron chi connectivity index (χ0n) is 15.2. The molecule has 2 aliphatic heterocycles. The number of nitrogens with zero attached hydrogens (tertiary/aromatic N) is 4. The van der Waals surface area contributed by atoms with E-state index in [0.717, 1.165) is 37.8 Å². The van der Waals surface area contributed by atoms with E-state index in [9.17, 15) is 9.59 Å². The first-order chi connectivity index (χ1) is 11.9. The van der Waals surface area contributed by atoms with E-state index in [4.69, 9.17) is 0 Å². The summed E-state index contributed by atoms with van der Waals surface area (Å²) >= 11 is 0. The molecule has 3 fully saturated rings. The van der Waals surface area contributed by atoms with Gasteiger partial charge in [-0.3, -0.25) is 14.6 Å². The van der Waals surface area contributed by atoms with Crippen molar-refractivity contribution in [2.75, 3.05) is 6.54 Å². The van der Waals surface area contributed by atoms with Gasteiger partial charge in [0, 0.05) is 37.2 Å². The molecule has 0 radical (unpaired) electrons. The molecule has 4 rings (SSSR count). The van der Waals surface area contributed by atoms with Gasteiger partial charge >= 0.3 is 0 Å². The van der Waals surface area contributed by atoms with Crippen molar-refractivity contribution >= 4 is 11.8 Å². The van der Waals surface area contributed by atoms with Crippen molar-refractivity contribution in [3.63, 3.8) is 0 Å². The number of aromatic nitrogens is 2. The molecule has 2 bridgehead atoms. The Labute approximate surface area is 148 Å². The number of amides is 2. The summed E-state index contributed by atoms with van der Waals surface area (Å²) in [6, 6.07) is 0.560. The fraction of sp³-hybridized carbons (Fsp3) is 0.684. The first-order valence-electron chi connectivity index (χ1n) is 9.30. The number of aryl methyl sites for hydroxylation is 1. The van der Waals surface area contributed by atoms with Gasteiger partial charge in [-0.25, -0.2) is 4.98 Å². The van der Waals surface area contributed by atoms with Crippen LogP contribution in [0.5, 0.6) is 0 Å². The predicted octanol–water partition coefficient (Wildman–Crippen LogP) is 2.18. The Morgan fingerprint density at radius 1 is 1.16 bits per heavy atom. The lowest BCUT2D eigenvalue weighted by Crippen LogP contribution is -2.55. The lowest BCUT2D eigenvalue weighted by Gasteiger charge is -2.46. The number of fused-ring (bicyclic) bond motifs is 1. The molecule has 2 amide bonds. The zero-order chi connectivity index (χ0) is 17.8. The van der Waals surface area contributed by atoms with E-state index in [1.807, 2.05) is 11.8 Å². The number of carbonyl (C=O) groups excluding carboxylic acids is 2. The van der Waals surface area contributed by atoms with Crippen molar-refractivity contribution in [2.45, 2.75) is 71.0 Å². The largest absolute Gasteiger partial charge is 0.335 e. The second kappa shape index (κ2) is 5.78. The molecule has 1 aromatic rings. The Morgan fingerprint density at radius 3 is 2.52 bits per heavy atom. The fourth-order valence-corrected chi connectivity index (χ4v) is 5.52. The minimum atomic E-state index is -0.0422. The van der Waals surface area contributed by atoms with E-state index in [-0.39, 0.29) is 35.4 Å². The monoisotopic (exact) mass is 342 g/mol. The summed E-state index contributed by atoms with van der Waals surface area (Å²) in [5.74, 6) is 0.100. The molecule has 1 aromatic heterocycles. The molecule has 1 saturated carbocycles. The lowest BCUT2D eigenvalue weighted by molar-refractivity contribution is -0.132. The number of likely N-dealkylation sites (tertiary alicyclic amines) is 2. The highest BCUT2D eigenvalue weighted by Gasteiger charge is 2.60. The Hall–Kier alpha value is -1.98. The van der Waals surface area contributed by atoms with Gasteiger partial charge in [-0.2, -0.15) is 0 Å². The first kappa shape index (κ1) is 16.5. The highest BCUT2D eigenvalue weighted by atomic mass is 16.2. The summed E-state index contributed by atoms with van der Waals surface area (Å²) in [6.45, 7) is 6.43. The van der Waals surface area contributed by atoms with E-state index in [0.29, 0.717) is 12.2 Å². The van der Waals surface area contributed by atoms with Crippen molar-refractivity contribution in [2.24, 2.45) is 5.41 Å². The van der Waals surface area contributed by atoms with Crippen LogP contribution in [0.25, 0.3) is 0 Å². The molecule has 3 aliphatic rings. The maximum absolute atomic E-state index is 13.2. The molecule has 25 heavy (non-hydrogen) atoms. The molecule has 0 aromatic carbocycles. The summed E-state index contributed by atoms with van der Waals surface area (Å²) in [6.07, 6.45) is 8.52. The molecule has 4 atom stereocenters. The number of hydrogen-bond donors (Lipinski definition) is 0. The van der Waals surface area contributed by atoms with Crippen LogP contribution in [0.4, 0.5) is 0 Å². The van der Waals surface area contributed by atoms with E-state index >= 15 is 0 Å². The van der Waals surface area contributed by atoms with Crippen LogP contribution >= 0.6 is 0 Å². The third kappa shape index (κ3) is 2.45. The predicted molar refractivity (Wildman–Crippen MR) is 92.9 cm³/mol. The molecule has 2 saturated heterocycles. The van der Waals surface area contributed by atoms with Crippen LogP contribution in [0.3, 0.4) is 0 Å². The van der Waals surface area contributed by atoms with Crippen LogP contribution in [-0.2, 0) is 4.79 Å². The minimum absolute atomic E-state index is 0.0150. The highest BCUT2D eigenvalue weighted by Crippen LogP contribution is 2.53. The van der Waals surface area contributed by atoms with Crippen molar-refractivity contribution in [1.82, 2.24) is 19.8 Å². The van der Waals surface area contributed by atoms with Gasteiger partial charge in [0.25, 0.3) is 5.91 Å². The van der Waals surface area contributed by atoms with Crippen molar-refractivity contribution in [1.29, 1.82) is 0 Å². The standard InChI is InChI=1S/C19H26N4O2/c1-12-9-21-15(10-20-12)18(25)22-11-14-8-19(3)16(22)6-4-5-7-17(19)23(14)13(2)24/h9-10,14,16-17H,4-8,11H2,1-3H3/t14-,16+,17-,19+/m0/s1. The molecule has 134 valence electrons. The minimum Gasteiger partial charge on any atom is -0.335 e. The third-order valence-corrected chi connectivity index (χ3v) is 6.54. The van der Waals surface area contributed by atoms with Crippen molar-refractivity contribution < 1.29 is 9.59 Å². The van der Waals surface area contributed by atoms with Gasteiger partial charge in [-0.15, -0.1) is 0 Å². The molecule has 0 N–H and O–H groups in total. The SMILES string of the molecule is CC(=O)N1[C@@H]2CN(C(=O)c3cnc(C)cn3)[C@@H]3CCCC[C@H]1[C@]3(C)C2. The van der Waals surface area contributed by atoms with E-state index in [2.05, 4.69) is 21.8 Å². The van der Waals surface area contributed by atoms with Gasteiger partial charge in [0.15, 0.2) is 0 Å². The molecular weight excluding hydrogens is 316 g/mol. The van der Waals surface area contributed by atoms with Crippen LogP contribution in [0.2, 0.25) is 0 Å². The molecule has 6 nitrogen and oxygen atoms in total. The van der Waals surface area contributed by atoms with Gasteiger partial charge in [-0.05, 0) is 26.2 Å². The normalized spacial score (nSPS) is 34.0. The second-order valence-corrected chi connectivity index (χ2v) is 8.11. The summed E-state index contributed by atoms with van der Waals surface area (Å²) in [7, 11) is 0. The Bertz CT molecular complexity index is 704. The lowest BCUT2D eigenvalue weighted by atomic mass is 9.71. The average Bonchev–Trinajstić information content (AvgIpc) is 2.69. The first-order valence-corrected chi connectivity index (χ1v) is 9.30. The van der Waals surface area contributed by atoms with Crippen LogP contribution in [0.1, 0.15) is 62.1 Å². The van der Waals surface area contributed by atoms with E-state index < -0.39 is 0 Å². The van der Waals surface area contributed by atoms with E-state index in [1.165, 1.54) is 0 Å². The van der Waals surface area contributed by atoms with Gasteiger partial charge in [-0.1, -0.05) is 19.8 Å². The Kier molecular flexibility index (Phi) is 3.81. The highest BCUT2D eigenvalue weighted by molar-refractivity contribution is 5.92. The summed E-state index contributed by atoms with van der Waals surface area (Å²) in [4.78, 5) is 38.1. The van der Waals surface area contributed by atoms with Crippen molar-refractivity contribution in [3.8, 4) is 0 Å². The molecule has 1 aliphatic carbocycles. The molecule has 0 spiro atoms. The third-order valence-electron chi connectivity index (χ3n) is 6.54. The van der Waals surface area contributed by atoms with Gasteiger partial charge < -0.3 is 9.80 Å². The molecule has 3 heterocycles. The number of rotatable bonds is 1. The molecule has 6 heteroatoms.